The fraction of sp³-hybridized carbons (Fsp3) is 0.619. The summed E-state index contributed by atoms with van der Waals surface area (Å²) in [6, 6.07) is 5.63. The average molecular weight is 370 g/mol. The molecule has 3 fully saturated rings. The van der Waals surface area contributed by atoms with E-state index in [1.807, 2.05) is 23.1 Å². The third-order valence-corrected chi connectivity index (χ3v) is 6.27. The number of amides is 2. The van der Waals surface area contributed by atoms with Crippen molar-refractivity contribution >= 4 is 17.5 Å². The lowest BCUT2D eigenvalue weighted by atomic mass is 9.95. The molecule has 4 aliphatic rings. The molecule has 6 nitrogen and oxygen atoms in total. The first-order valence-electron chi connectivity index (χ1n) is 10.2. The Balaban J connectivity index is 1.18. The van der Waals surface area contributed by atoms with E-state index in [0.29, 0.717) is 13.1 Å². The van der Waals surface area contributed by atoms with Crippen molar-refractivity contribution in [2.75, 3.05) is 18.4 Å². The van der Waals surface area contributed by atoms with Gasteiger partial charge in [-0.1, -0.05) is 0 Å². The van der Waals surface area contributed by atoms with Gasteiger partial charge < -0.3 is 19.7 Å². The number of carbonyl (C=O) groups is 2. The number of rotatable bonds is 3. The lowest BCUT2D eigenvalue weighted by molar-refractivity contribution is -0.135. The van der Waals surface area contributed by atoms with Crippen LogP contribution in [0.25, 0.3) is 0 Å². The number of hydrogen-bond donors (Lipinski definition) is 1. The van der Waals surface area contributed by atoms with Gasteiger partial charge in [-0.2, -0.15) is 0 Å². The van der Waals surface area contributed by atoms with Crippen LogP contribution in [0, 0.1) is 11.8 Å². The van der Waals surface area contributed by atoms with E-state index in [2.05, 4.69) is 5.32 Å². The number of anilines is 1. The molecule has 2 aliphatic heterocycles. The molecule has 2 heterocycles. The minimum atomic E-state index is -0.480. The summed E-state index contributed by atoms with van der Waals surface area (Å²) < 4.78 is 12.1. The van der Waals surface area contributed by atoms with Crippen LogP contribution in [0.2, 0.25) is 0 Å². The first-order valence-corrected chi connectivity index (χ1v) is 10.2. The monoisotopic (exact) mass is 370 g/mol. The first kappa shape index (κ1) is 16.9. The van der Waals surface area contributed by atoms with Crippen LogP contribution in [0.4, 0.5) is 5.69 Å². The molecule has 1 spiro atoms. The molecule has 1 aromatic rings. The Morgan fingerprint density at radius 3 is 2.37 bits per heavy atom. The molecule has 0 radical (unpaired) electrons. The summed E-state index contributed by atoms with van der Waals surface area (Å²) in [5.74, 6) is 1.54. The van der Waals surface area contributed by atoms with E-state index in [-0.39, 0.29) is 23.7 Å². The van der Waals surface area contributed by atoms with Crippen molar-refractivity contribution in [1.29, 1.82) is 0 Å². The molecule has 0 atom stereocenters. The van der Waals surface area contributed by atoms with Crippen molar-refractivity contribution in [3.05, 3.63) is 18.2 Å². The predicted molar refractivity (Wildman–Crippen MR) is 99.6 cm³/mol. The molecule has 5 rings (SSSR count). The van der Waals surface area contributed by atoms with Gasteiger partial charge >= 0.3 is 0 Å². The number of carbonyl (C=O) groups excluding carboxylic acids is 2. The number of nitrogens with one attached hydrogen (secondary N) is 1. The molecular formula is C21H26N2O4. The summed E-state index contributed by atoms with van der Waals surface area (Å²) in [6.45, 7) is 1.38. The Morgan fingerprint density at radius 2 is 1.67 bits per heavy atom. The van der Waals surface area contributed by atoms with E-state index in [1.54, 1.807) is 0 Å². The van der Waals surface area contributed by atoms with Crippen LogP contribution >= 0.6 is 0 Å². The van der Waals surface area contributed by atoms with E-state index in [4.69, 9.17) is 9.47 Å². The van der Waals surface area contributed by atoms with Crippen LogP contribution in [-0.2, 0) is 9.59 Å². The molecule has 6 heteroatoms. The number of piperidine rings is 1. The Hall–Kier alpha value is -2.24. The lowest BCUT2D eigenvalue weighted by Gasteiger charge is -2.31. The molecule has 1 N–H and O–H groups in total. The van der Waals surface area contributed by atoms with Gasteiger partial charge in [0.15, 0.2) is 11.5 Å². The van der Waals surface area contributed by atoms with E-state index in [0.717, 1.165) is 68.6 Å². The van der Waals surface area contributed by atoms with E-state index in [1.165, 1.54) is 0 Å². The number of nitrogens with zero attached hydrogens (tertiary/aromatic N) is 1. The Labute approximate surface area is 159 Å². The minimum absolute atomic E-state index is 0.0305. The Bertz CT molecular complexity index is 759. The second kappa shape index (κ2) is 6.43. The van der Waals surface area contributed by atoms with Crippen molar-refractivity contribution in [3.8, 4) is 11.5 Å². The molecule has 0 aromatic heterocycles. The van der Waals surface area contributed by atoms with Gasteiger partial charge in [-0.15, -0.1) is 0 Å². The third-order valence-electron chi connectivity index (χ3n) is 6.27. The molecule has 2 saturated carbocycles. The maximum Gasteiger partial charge on any atom is 0.251 e. The largest absolute Gasteiger partial charge is 0.448 e. The highest BCUT2D eigenvalue weighted by Gasteiger charge is 2.44. The lowest BCUT2D eigenvalue weighted by Crippen LogP contribution is -2.42. The zero-order chi connectivity index (χ0) is 18.4. The molecule has 2 aliphatic carbocycles. The number of benzene rings is 1. The first-order chi connectivity index (χ1) is 13.1. The molecule has 1 saturated heterocycles. The Morgan fingerprint density at radius 1 is 0.963 bits per heavy atom. The number of ether oxygens (including phenoxy) is 2. The summed E-state index contributed by atoms with van der Waals surface area (Å²) in [7, 11) is 0. The Kier molecular flexibility index (Phi) is 4.02. The topological polar surface area (TPSA) is 67.9 Å². The highest BCUT2D eigenvalue weighted by atomic mass is 16.7. The van der Waals surface area contributed by atoms with Gasteiger partial charge in [0.05, 0.1) is 0 Å². The van der Waals surface area contributed by atoms with Crippen molar-refractivity contribution in [3.63, 3.8) is 0 Å². The molecule has 0 bridgehead atoms. The molecule has 0 unspecified atom stereocenters. The molecule has 1 aromatic carbocycles. The van der Waals surface area contributed by atoms with Crippen molar-refractivity contribution in [1.82, 2.24) is 4.90 Å². The van der Waals surface area contributed by atoms with Crippen LogP contribution in [0.1, 0.15) is 51.4 Å². The number of fused-ring (bicyclic) bond motifs is 1. The molecular weight excluding hydrogens is 344 g/mol. The van der Waals surface area contributed by atoms with Crippen molar-refractivity contribution in [2.45, 2.75) is 57.2 Å². The normalized spacial score (nSPS) is 23.6. The zero-order valence-corrected chi connectivity index (χ0v) is 15.5. The van der Waals surface area contributed by atoms with Crippen LogP contribution in [0.3, 0.4) is 0 Å². The summed E-state index contributed by atoms with van der Waals surface area (Å²) in [4.78, 5) is 26.7. The smallest absolute Gasteiger partial charge is 0.251 e. The summed E-state index contributed by atoms with van der Waals surface area (Å²) in [5, 5.41) is 3.02. The third kappa shape index (κ3) is 3.26. The van der Waals surface area contributed by atoms with Crippen LogP contribution in [0.15, 0.2) is 18.2 Å². The zero-order valence-electron chi connectivity index (χ0n) is 15.5. The quantitative estimate of drug-likeness (QED) is 0.886. The molecule has 2 amide bonds. The summed E-state index contributed by atoms with van der Waals surface area (Å²) in [6.07, 6.45) is 7.62. The van der Waals surface area contributed by atoms with Crippen LogP contribution < -0.4 is 14.8 Å². The van der Waals surface area contributed by atoms with Gasteiger partial charge in [-0.05, 0) is 50.7 Å². The van der Waals surface area contributed by atoms with E-state index in [9.17, 15) is 9.59 Å². The van der Waals surface area contributed by atoms with Gasteiger partial charge in [0, 0.05) is 49.5 Å². The van der Waals surface area contributed by atoms with Gasteiger partial charge in [-0.25, -0.2) is 0 Å². The molecule has 144 valence electrons. The standard InChI is InChI=1S/C21H26N2O4/c24-19(14-7-11-23(12-8-14)20(25)15-3-4-15)22-16-5-6-17-18(13-16)27-21(26-17)9-1-2-10-21/h5-6,13-15H,1-4,7-12H2,(H,22,24). The van der Waals surface area contributed by atoms with Crippen molar-refractivity contribution < 1.29 is 19.1 Å². The minimum Gasteiger partial charge on any atom is -0.448 e. The van der Waals surface area contributed by atoms with E-state index >= 15 is 0 Å². The van der Waals surface area contributed by atoms with Gasteiger partial charge in [0.2, 0.25) is 11.8 Å². The van der Waals surface area contributed by atoms with Gasteiger partial charge in [0.1, 0.15) is 0 Å². The van der Waals surface area contributed by atoms with Crippen molar-refractivity contribution in [2.24, 2.45) is 11.8 Å². The highest BCUT2D eigenvalue weighted by molar-refractivity contribution is 5.93. The van der Waals surface area contributed by atoms with Crippen LogP contribution in [-0.4, -0.2) is 35.6 Å². The second-order valence-electron chi connectivity index (χ2n) is 8.35. The number of likely N-dealkylation sites (tertiary alicyclic amines) is 1. The molecule has 27 heavy (non-hydrogen) atoms. The summed E-state index contributed by atoms with van der Waals surface area (Å²) in [5.41, 5.74) is 0.744. The highest BCUT2D eigenvalue weighted by Crippen LogP contribution is 2.47. The maximum atomic E-state index is 12.7. The number of hydrogen-bond acceptors (Lipinski definition) is 4. The maximum absolute atomic E-state index is 12.7. The summed E-state index contributed by atoms with van der Waals surface area (Å²) >= 11 is 0. The fourth-order valence-corrected chi connectivity index (χ4v) is 4.48. The SMILES string of the molecule is O=C(Nc1ccc2c(c1)OC1(CCCC1)O2)C1CCN(C(=O)C2CC2)CC1. The second-order valence-corrected chi connectivity index (χ2v) is 8.35. The average Bonchev–Trinajstić information content (AvgIpc) is 3.34. The van der Waals surface area contributed by atoms with Gasteiger partial charge in [0.25, 0.3) is 5.79 Å². The van der Waals surface area contributed by atoms with E-state index < -0.39 is 5.79 Å². The predicted octanol–water partition coefficient (Wildman–Crippen LogP) is 3.32. The van der Waals surface area contributed by atoms with Crippen LogP contribution in [0.5, 0.6) is 11.5 Å². The fourth-order valence-electron chi connectivity index (χ4n) is 4.48. The van der Waals surface area contributed by atoms with Gasteiger partial charge in [-0.3, -0.25) is 9.59 Å².